The summed E-state index contributed by atoms with van der Waals surface area (Å²) in [5, 5.41) is 7.42. The number of furan rings is 1. The summed E-state index contributed by atoms with van der Waals surface area (Å²) in [6, 6.07) is 11.5. The fourth-order valence-electron chi connectivity index (χ4n) is 1.26. The normalized spacial score (nSPS) is 10.6. The molecule has 0 saturated carbocycles. The van der Waals surface area contributed by atoms with E-state index in [4.69, 9.17) is 16.6 Å². The number of hydrazone groups is 1. The van der Waals surface area contributed by atoms with Crippen molar-refractivity contribution in [2.24, 2.45) is 5.10 Å². The number of hydrogen-bond acceptors (Lipinski definition) is 3. The van der Waals surface area contributed by atoms with Gasteiger partial charge in [0.25, 0.3) is 0 Å². The SMILES string of the molecule is S=C(N/N=C/c1cc(Br)c(I)o1)Nc1ccccc1. The molecule has 98 valence electrons. The largest absolute Gasteiger partial charge is 0.448 e. The lowest BCUT2D eigenvalue weighted by molar-refractivity contribution is 0.529. The van der Waals surface area contributed by atoms with Gasteiger partial charge in [-0.15, -0.1) is 0 Å². The van der Waals surface area contributed by atoms with Crippen molar-refractivity contribution in [2.45, 2.75) is 0 Å². The molecule has 0 fully saturated rings. The number of nitrogens with zero attached hydrogens (tertiary/aromatic N) is 1. The quantitative estimate of drug-likeness (QED) is 0.322. The van der Waals surface area contributed by atoms with E-state index in [1.54, 1.807) is 6.21 Å². The lowest BCUT2D eigenvalue weighted by atomic mass is 10.3. The summed E-state index contributed by atoms with van der Waals surface area (Å²) in [6.45, 7) is 0. The van der Waals surface area contributed by atoms with Crippen LogP contribution < -0.4 is 10.7 Å². The van der Waals surface area contributed by atoms with E-state index in [0.29, 0.717) is 10.9 Å². The van der Waals surface area contributed by atoms with Gasteiger partial charge >= 0.3 is 0 Å². The summed E-state index contributed by atoms with van der Waals surface area (Å²) in [6.07, 6.45) is 1.56. The zero-order chi connectivity index (χ0) is 13.7. The molecule has 1 aromatic carbocycles. The monoisotopic (exact) mass is 449 g/mol. The lowest BCUT2D eigenvalue weighted by Crippen LogP contribution is -2.23. The Kier molecular flexibility index (Phi) is 5.34. The molecule has 2 aromatic rings. The zero-order valence-corrected chi connectivity index (χ0v) is 14.1. The molecular formula is C12H9BrIN3OS. The number of halogens is 2. The van der Waals surface area contributed by atoms with E-state index < -0.39 is 0 Å². The Bertz CT molecular complexity index is 581. The second-order valence-corrected chi connectivity index (χ2v) is 5.70. The number of rotatable bonds is 3. The molecule has 0 unspecified atom stereocenters. The van der Waals surface area contributed by atoms with Crippen LogP contribution in [0.2, 0.25) is 0 Å². The summed E-state index contributed by atoms with van der Waals surface area (Å²) < 4.78 is 7.09. The molecule has 0 bridgehead atoms. The molecule has 0 saturated heterocycles. The van der Waals surface area contributed by atoms with Gasteiger partial charge in [-0.25, -0.2) is 0 Å². The summed E-state index contributed by atoms with van der Waals surface area (Å²) >= 11 is 10.6. The topological polar surface area (TPSA) is 49.6 Å². The summed E-state index contributed by atoms with van der Waals surface area (Å²) in [4.78, 5) is 0. The Balaban J connectivity index is 1.87. The highest BCUT2D eigenvalue weighted by molar-refractivity contribution is 14.1. The average molecular weight is 450 g/mol. The minimum Gasteiger partial charge on any atom is -0.448 e. The number of anilines is 1. The van der Waals surface area contributed by atoms with Crippen LogP contribution in [0.25, 0.3) is 0 Å². The average Bonchev–Trinajstić information content (AvgIpc) is 2.70. The van der Waals surface area contributed by atoms with Crippen molar-refractivity contribution in [3.63, 3.8) is 0 Å². The first-order valence-corrected chi connectivity index (χ1v) is 7.53. The Morgan fingerprint density at radius 3 is 2.74 bits per heavy atom. The van der Waals surface area contributed by atoms with Gasteiger partial charge in [-0.2, -0.15) is 5.10 Å². The Morgan fingerprint density at radius 1 is 1.37 bits per heavy atom. The molecule has 0 atom stereocenters. The van der Waals surface area contributed by atoms with Crippen LogP contribution in [-0.4, -0.2) is 11.3 Å². The van der Waals surface area contributed by atoms with E-state index in [1.165, 1.54) is 0 Å². The van der Waals surface area contributed by atoms with Gasteiger partial charge in [-0.3, -0.25) is 5.43 Å². The molecule has 0 aliphatic carbocycles. The van der Waals surface area contributed by atoms with Gasteiger partial charge in [0.2, 0.25) is 0 Å². The number of benzene rings is 1. The van der Waals surface area contributed by atoms with E-state index in [0.717, 1.165) is 13.9 Å². The summed E-state index contributed by atoms with van der Waals surface area (Å²) in [5.41, 5.74) is 3.63. The Morgan fingerprint density at radius 2 is 2.11 bits per heavy atom. The fraction of sp³-hybridized carbons (Fsp3) is 0. The van der Waals surface area contributed by atoms with Gasteiger partial charge in [0.1, 0.15) is 5.76 Å². The Labute approximate surface area is 137 Å². The van der Waals surface area contributed by atoms with E-state index in [9.17, 15) is 0 Å². The first-order valence-electron chi connectivity index (χ1n) is 5.25. The zero-order valence-electron chi connectivity index (χ0n) is 9.56. The van der Waals surface area contributed by atoms with Gasteiger partial charge in [0, 0.05) is 34.3 Å². The van der Waals surface area contributed by atoms with Crippen molar-refractivity contribution in [3.8, 4) is 0 Å². The molecule has 7 heteroatoms. The van der Waals surface area contributed by atoms with Gasteiger partial charge in [0.05, 0.1) is 10.7 Å². The van der Waals surface area contributed by atoms with Crippen LogP contribution >= 0.6 is 50.7 Å². The van der Waals surface area contributed by atoms with Crippen molar-refractivity contribution >= 4 is 67.8 Å². The molecule has 0 radical (unpaired) electrons. The van der Waals surface area contributed by atoms with Crippen molar-refractivity contribution in [1.29, 1.82) is 0 Å². The third-order valence-corrected chi connectivity index (χ3v) is 4.38. The molecule has 2 rings (SSSR count). The van der Waals surface area contributed by atoms with Crippen LogP contribution in [-0.2, 0) is 0 Å². The molecular weight excluding hydrogens is 441 g/mol. The molecule has 1 aromatic heterocycles. The minimum absolute atomic E-state index is 0.419. The minimum atomic E-state index is 0.419. The molecule has 0 aliphatic heterocycles. The molecule has 2 N–H and O–H groups in total. The number of nitrogens with one attached hydrogen (secondary N) is 2. The second-order valence-electron chi connectivity index (χ2n) is 3.46. The molecule has 0 spiro atoms. The fourth-order valence-corrected chi connectivity index (χ4v) is 2.15. The van der Waals surface area contributed by atoms with Crippen molar-refractivity contribution in [3.05, 3.63) is 50.4 Å². The van der Waals surface area contributed by atoms with Gasteiger partial charge in [0.15, 0.2) is 8.88 Å². The van der Waals surface area contributed by atoms with E-state index in [2.05, 4.69) is 54.4 Å². The summed E-state index contributed by atoms with van der Waals surface area (Å²) in [5.74, 6) is 0.645. The number of thiocarbonyl (C=S) groups is 1. The molecule has 19 heavy (non-hydrogen) atoms. The molecule has 0 aliphatic rings. The van der Waals surface area contributed by atoms with E-state index >= 15 is 0 Å². The van der Waals surface area contributed by atoms with Crippen LogP contribution in [0.5, 0.6) is 0 Å². The smallest absolute Gasteiger partial charge is 0.191 e. The third-order valence-electron chi connectivity index (χ3n) is 2.05. The van der Waals surface area contributed by atoms with Crippen molar-refractivity contribution in [2.75, 3.05) is 5.32 Å². The van der Waals surface area contributed by atoms with Crippen LogP contribution in [0.1, 0.15) is 5.76 Å². The van der Waals surface area contributed by atoms with Crippen LogP contribution in [0.3, 0.4) is 0 Å². The van der Waals surface area contributed by atoms with Gasteiger partial charge in [-0.1, -0.05) is 18.2 Å². The maximum atomic E-state index is 5.40. The van der Waals surface area contributed by atoms with Crippen molar-refractivity contribution in [1.82, 2.24) is 5.43 Å². The molecule has 1 heterocycles. The van der Waals surface area contributed by atoms with Gasteiger partial charge < -0.3 is 9.73 Å². The van der Waals surface area contributed by atoms with Gasteiger partial charge in [-0.05, 0) is 40.3 Å². The maximum absolute atomic E-state index is 5.40. The summed E-state index contributed by atoms with van der Waals surface area (Å²) in [7, 11) is 0. The predicted octanol–water partition coefficient (Wildman–Crippen LogP) is 3.97. The standard InChI is InChI=1S/C12H9BrIN3OS/c13-10-6-9(18-11(10)14)7-15-17-12(19)16-8-4-2-1-3-5-8/h1-7H,(H2,16,17,19)/b15-7+. The molecule has 0 amide bonds. The highest BCUT2D eigenvalue weighted by Crippen LogP contribution is 2.21. The highest BCUT2D eigenvalue weighted by Gasteiger charge is 2.03. The predicted molar refractivity (Wildman–Crippen MR) is 92.5 cm³/mol. The highest BCUT2D eigenvalue weighted by atomic mass is 127. The first kappa shape index (κ1) is 14.5. The lowest BCUT2D eigenvalue weighted by Gasteiger charge is -2.05. The van der Waals surface area contributed by atoms with E-state index in [1.807, 2.05) is 36.4 Å². The maximum Gasteiger partial charge on any atom is 0.191 e. The van der Waals surface area contributed by atoms with E-state index in [-0.39, 0.29) is 0 Å². The number of hydrogen-bond donors (Lipinski definition) is 2. The van der Waals surface area contributed by atoms with Crippen molar-refractivity contribution < 1.29 is 4.42 Å². The second kappa shape index (κ2) is 7.01. The first-order chi connectivity index (χ1) is 9.15. The van der Waals surface area contributed by atoms with Crippen LogP contribution in [0.15, 0.2) is 50.4 Å². The number of para-hydroxylation sites is 1. The molecule has 4 nitrogen and oxygen atoms in total. The Hall–Kier alpha value is -0.930. The van der Waals surface area contributed by atoms with Crippen LogP contribution in [0, 0.1) is 3.77 Å². The van der Waals surface area contributed by atoms with Crippen LogP contribution in [0.4, 0.5) is 5.69 Å². The third kappa shape index (κ3) is 4.59.